The minimum Gasteiger partial charge on any atom is -0.376 e. The summed E-state index contributed by atoms with van der Waals surface area (Å²) in [5.41, 5.74) is 4.77. The molecule has 4 aromatic rings. The van der Waals surface area contributed by atoms with Crippen molar-refractivity contribution in [2.75, 3.05) is 18.5 Å². The first-order chi connectivity index (χ1) is 13.3. The Kier molecular flexibility index (Phi) is 3.98. The number of fused-ring (bicyclic) bond motifs is 3. The number of para-hydroxylation sites is 1. The number of nitrogens with zero attached hydrogens (tertiary/aromatic N) is 4. The monoisotopic (exact) mass is 359 g/mol. The molecule has 2 aromatic carbocycles. The van der Waals surface area contributed by atoms with Crippen molar-refractivity contribution < 1.29 is 4.74 Å². The molecule has 136 valence electrons. The maximum atomic E-state index is 5.74. The van der Waals surface area contributed by atoms with Crippen LogP contribution < -0.4 is 5.32 Å². The molecule has 0 radical (unpaired) electrons. The Labute approximate surface area is 157 Å². The number of benzene rings is 2. The van der Waals surface area contributed by atoms with Gasteiger partial charge in [0.2, 0.25) is 0 Å². The van der Waals surface area contributed by atoms with E-state index in [1.807, 2.05) is 16.6 Å². The molecule has 1 fully saturated rings. The van der Waals surface area contributed by atoms with Crippen molar-refractivity contribution in [3.8, 4) is 11.3 Å². The van der Waals surface area contributed by atoms with Gasteiger partial charge in [-0.15, -0.1) is 5.10 Å². The van der Waals surface area contributed by atoms with E-state index in [2.05, 4.69) is 59.0 Å². The quantitative estimate of drug-likeness (QED) is 0.600. The summed E-state index contributed by atoms with van der Waals surface area (Å²) in [6, 6.07) is 16.4. The lowest BCUT2D eigenvalue weighted by atomic mass is 10.1. The van der Waals surface area contributed by atoms with Crippen molar-refractivity contribution in [2.45, 2.75) is 25.9 Å². The molecule has 0 unspecified atom stereocenters. The fraction of sp³-hybridized carbons (Fsp3) is 0.286. The molecule has 6 heteroatoms. The highest BCUT2D eigenvalue weighted by molar-refractivity contribution is 5.93. The third kappa shape index (κ3) is 2.92. The predicted octanol–water partition coefficient (Wildman–Crippen LogP) is 3.84. The van der Waals surface area contributed by atoms with Gasteiger partial charge in [-0.3, -0.25) is 0 Å². The molecule has 1 saturated heterocycles. The Hall–Kier alpha value is -2.99. The predicted molar refractivity (Wildman–Crippen MR) is 106 cm³/mol. The number of ether oxygens (including phenoxy) is 1. The van der Waals surface area contributed by atoms with Crippen LogP contribution in [0.15, 0.2) is 48.5 Å². The third-order valence-electron chi connectivity index (χ3n) is 5.10. The standard InChI is InChI=1S/C21H21N5O/c1-14-8-10-15(11-9-14)19-21-23-20(22-13-16-5-4-12-27-16)17-6-2-3-7-18(17)26(21)25-24-19/h2-3,6-11,16H,4-5,12-13H2,1H3,(H,22,23)/t16-/m0/s1. The lowest BCUT2D eigenvalue weighted by Crippen LogP contribution is -2.19. The fourth-order valence-corrected chi connectivity index (χ4v) is 3.61. The molecule has 5 rings (SSSR count). The highest BCUT2D eigenvalue weighted by Crippen LogP contribution is 2.28. The molecule has 2 aromatic heterocycles. The number of aryl methyl sites for hydroxylation is 1. The van der Waals surface area contributed by atoms with Gasteiger partial charge < -0.3 is 10.1 Å². The van der Waals surface area contributed by atoms with Crippen LogP contribution >= 0.6 is 0 Å². The summed E-state index contributed by atoms with van der Waals surface area (Å²) in [6.07, 6.45) is 2.47. The topological polar surface area (TPSA) is 64.3 Å². The second-order valence-corrected chi connectivity index (χ2v) is 7.03. The van der Waals surface area contributed by atoms with Gasteiger partial charge in [0.15, 0.2) is 5.65 Å². The Bertz CT molecular complexity index is 1100. The van der Waals surface area contributed by atoms with Crippen LogP contribution in [0.5, 0.6) is 0 Å². The zero-order valence-corrected chi connectivity index (χ0v) is 15.2. The van der Waals surface area contributed by atoms with Crippen LogP contribution in [0, 0.1) is 6.92 Å². The zero-order chi connectivity index (χ0) is 18.2. The van der Waals surface area contributed by atoms with E-state index in [1.165, 1.54) is 5.56 Å². The zero-order valence-electron chi connectivity index (χ0n) is 15.2. The summed E-state index contributed by atoms with van der Waals surface area (Å²) >= 11 is 0. The van der Waals surface area contributed by atoms with Crippen molar-refractivity contribution in [3.63, 3.8) is 0 Å². The molecule has 0 bridgehead atoms. The summed E-state index contributed by atoms with van der Waals surface area (Å²) in [5, 5.41) is 13.3. The molecule has 0 amide bonds. The molecule has 1 N–H and O–H groups in total. The van der Waals surface area contributed by atoms with Gasteiger partial charge >= 0.3 is 0 Å². The van der Waals surface area contributed by atoms with E-state index in [9.17, 15) is 0 Å². The molecule has 1 aliphatic heterocycles. The molecule has 0 saturated carbocycles. The first-order valence-corrected chi connectivity index (χ1v) is 9.36. The number of aromatic nitrogens is 4. The van der Waals surface area contributed by atoms with E-state index in [0.717, 1.165) is 59.6 Å². The molecule has 0 spiro atoms. The molecule has 1 aliphatic rings. The first-order valence-electron chi connectivity index (χ1n) is 9.36. The number of rotatable bonds is 4. The summed E-state index contributed by atoms with van der Waals surface area (Å²) in [4.78, 5) is 4.89. The van der Waals surface area contributed by atoms with Crippen LogP contribution in [0.2, 0.25) is 0 Å². The number of hydrogen-bond acceptors (Lipinski definition) is 5. The highest BCUT2D eigenvalue weighted by Gasteiger charge is 2.18. The fourth-order valence-electron chi connectivity index (χ4n) is 3.61. The Morgan fingerprint density at radius 1 is 1.15 bits per heavy atom. The van der Waals surface area contributed by atoms with Crippen LogP contribution in [0.4, 0.5) is 5.82 Å². The normalized spacial score (nSPS) is 17.0. The van der Waals surface area contributed by atoms with Crippen molar-refractivity contribution in [1.82, 2.24) is 19.8 Å². The van der Waals surface area contributed by atoms with Gasteiger partial charge in [-0.05, 0) is 31.9 Å². The smallest absolute Gasteiger partial charge is 0.186 e. The SMILES string of the molecule is Cc1ccc(-c2nnn3c2nc(NC[C@@H]2CCCO2)c2ccccc23)cc1. The minimum absolute atomic E-state index is 0.251. The molecule has 3 heterocycles. The average Bonchev–Trinajstić information content (AvgIpc) is 3.37. The van der Waals surface area contributed by atoms with E-state index in [1.54, 1.807) is 0 Å². The molecule has 0 aliphatic carbocycles. The summed E-state index contributed by atoms with van der Waals surface area (Å²) < 4.78 is 7.56. The summed E-state index contributed by atoms with van der Waals surface area (Å²) in [6.45, 7) is 3.68. The van der Waals surface area contributed by atoms with Gasteiger partial charge in [0.1, 0.15) is 11.5 Å². The Morgan fingerprint density at radius 2 is 2.00 bits per heavy atom. The number of nitrogens with one attached hydrogen (secondary N) is 1. The van der Waals surface area contributed by atoms with Gasteiger partial charge in [-0.25, -0.2) is 4.98 Å². The first kappa shape index (κ1) is 16.2. The van der Waals surface area contributed by atoms with E-state index in [0.29, 0.717) is 0 Å². The van der Waals surface area contributed by atoms with E-state index in [4.69, 9.17) is 9.72 Å². The van der Waals surface area contributed by atoms with Crippen molar-refractivity contribution in [1.29, 1.82) is 0 Å². The number of anilines is 1. The van der Waals surface area contributed by atoms with Gasteiger partial charge in [0, 0.05) is 24.1 Å². The highest BCUT2D eigenvalue weighted by atomic mass is 16.5. The van der Waals surface area contributed by atoms with E-state index in [-0.39, 0.29) is 6.10 Å². The van der Waals surface area contributed by atoms with Crippen molar-refractivity contribution in [2.24, 2.45) is 0 Å². The molecule has 6 nitrogen and oxygen atoms in total. The van der Waals surface area contributed by atoms with Gasteiger partial charge in [0.25, 0.3) is 0 Å². The maximum absolute atomic E-state index is 5.74. The van der Waals surface area contributed by atoms with Crippen molar-refractivity contribution >= 4 is 22.4 Å². The van der Waals surface area contributed by atoms with Crippen LogP contribution in [0.1, 0.15) is 18.4 Å². The molecular weight excluding hydrogens is 338 g/mol. The van der Waals surface area contributed by atoms with Gasteiger partial charge in [0.05, 0.1) is 11.6 Å². The van der Waals surface area contributed by atoms with Crippen LogP contribution in [-0.2, 0) is 4.74 Å². The second-order valence-electron chi connectivity index (χ2n) is 7.03. The molecular formula is C21H21N5O. The van der Waals surface area contributed by atoms with Crippen LogP contribution in [-0.4, -0.2) is 39.1 Å². The van der Waals surface area contributed by atoms with E-state index >= 15 is 0 Å². The molecule has 1 atom stereocenters. The lowest BCUT2D eigenvalue weighted by Gasteiger charge is -2.13. The Balaban J connectivity index is 1.63. The van der Waals surface area contributed by atoms with Crippen LogP contribution in [0.3, 0.4) is 0 Å². The third-order valence-corrected chi connectivity index (χ3v) is 5.10. The van der Waals surface area contributed by atoms with Crippen molar-refractivity contribution in [3.05, 3.63) is 54.1 Å². The maximum Gasteiger partial charge on any atom is 0.186 e. The average molecular weight is 359 g/mol. The molecule has 27 heavy (non-hydrogen) atoms. The number of hydrogen-bond donors (Lipinski definition) is 1. The van der Waals surface area contributed by atoms with E-state index < -0.39 is 0 Å². The van der Waals surface area contributed by atoms with Crippen LogP contribution in [0.25, 0.3) is 27.8 Å². The Morgan fingerprint density at radius 3 is 2.81 bits per heavy atom. The second kappa shape index (κ2) is 6.63. The van der Waals surface area contributed by atoms with Gasteiger partial charge in [-0.2, -0.15) is 4.52 Å². The summed E-state index contributed by atoms with van der Waals surface area (Å²) in [7, 11) is 0. The largest absolute Gasteiger partial charge is 0.376 e. The summed E-state index contributed by atoms with van der Waals surface area (Å²) in [5.74, 6) is 0.851. The minimum atomic E-state index is 0.251. The lowest BCUT2D eigenvalue weighted by molar-refractivity contribution is 0.120. The van der Waals surface area contributed by atoms with Gasteiger partial charge in [-0.1, -0.05) is 47.2 Å².